The average Bonchev–Trinajstić information content (AvgIpc) is 3.01. The summed E-state index contributed by atoms with van der Waals surface area (Å²) >= 11 is 0. The molecule has 1 N–H and O–H groups in total. The minimum absolute atomic E-state index is 0.0603. The van der Waals surface area contributed by atoms with Crippen molar-refractivity contribution in [2.45, 2.75) is 39.1 Å². The van der Waals surface area contributed by atoms with E-state index in [0.29, 0.717) is 29.3 Å². The van der Waals surface area contributed by atoms with Gasteiger partial charge in [0.2, 0.25) is 0 Å². The van der Waals surface area contributed by atoms with Gasteiger partial charge in [0, 0.05) is 12.1 Å². The molecule has 1 amide bonds. The number of Topliss-reactive ketones (excluding diaryl/α,β-unsaturated/α-hetero) is 1. The van der Waals surface area contributed by atoms with Crippen molar-refractivity contribution in [1.29, 1.82) is 0 Å². The number of hydrogen-bond acceptors (Lipinski definition) is 4. The molecule has 3 aromatic carbocycles. The standard InChI is InChI=1S/C30H27F3N2O3/c1-29(2)16-23-26(25(36)17-29)27(20-12-14-21(15-13-20)38-18-19-8-4-3-5-9-19)35(28(37)30(31,32)33)24-11-7-6-10-22(24)34-23/h3-16,26-27,34H,17-18H2,1-2H3/t26-,27+/m1/s1. The molecule has 5 rings (SSSR count). The van der Waals surface area contributed by atoms with Crippen LogP contribution in [-0.2, 0) is 16.2 Å². The molecule has 0 radical (unpaired) electrons. The van der Waals surface area contributed by atoms with Crippen LogP contribution >= 0.6 is 0 Å². The zero-order valence-electron chi connectivity index (χ0n) is 21.0. The smallest absolute Gasteiger partial charge is 0.471 e. The number of nitrogens with zero attached hydrogens (tertiary/aromatic N) is 1. The predicted octanol–water partition coefficient (Wildman–Crippen LogP) is 6.83. The molecule has 0 saturated carbocycles. The van der Waals surface area contributed by atoms with Crippen LogP contribution < -0.4 is 15.0 Å². The lowest BCUT2D eigenvalue weighted by Gasteiger charge is -2.39. The van der Waals surface area contributed by atoms with Crippen LogP contribution in [0.2, 0.25) is 0 Å². The van der Waals surface area contributed by atoms with Crippen LogP contribution in [-0.4, -0.2) is 17.9 Å². The van der Waals surface area contributed by atoms with Crippen molar-refractivity contribution < 1.29 is 27.5 Å². The molecule has 0 fully saturated rings. The van der Waals surface area contributed by atoms with Crippen LogP contribution in [0, 0.1) is 11.3 Å². The number of halogens is 3. The Morgan fingerprint density at radius 3 is 2.34 bits per heavy atom. The Balaban J connectivity index is 1.60. The maximum atomic E-state index is 14.0. The number of hydrogen-bond donors (Lipinski definition) is 1. The van der Waals surface area contributed by atoms with E-state index >= 15 is 0 Å². The van der Waals surface area contributed by atoms with Crippen molar-refractivity contribution in [3.63, 3.8) is 0 Å². The number of alkyl halides is 3. The fraction of sp³-hybridized carbons (Fsp3) is 0.267. The zero-order valence-corrected chi connectivity index (χ0v) is 21.0. The molecular weight excluding hydrogens is 493 g/mol. The number of carbonyl (C=O) groups excluding carboxylic acids is 2. The lowest BCUT2D eigenvalue weighted by molar-refractivity contribution is -0.171. The van der Waals surface area contributed by atoms with Gasteiger partial charge in [-0.25, -0.2) is 0 Å². The van der Waals surface area contributed by atoms with Gasteiger partial charge in [0.05, 0.1) is 23.3 Å². The summed E-state index contributed by atoms with van der Waals surface area (Å²) in [6.07, 6.45) is -3.11. The maximum absolute atomic E-state index is 14.0. The van der Waals surface area contributed by atoms with Gasteiger partial charge in [-0.1, -0.05) is 74.5 Å². The van der Waals surface area contributed by atoms with Gasteiger partial charge in [0.1, 0.15) is 18.1 Å². The van der Waals surface area contributed by atoms with Gasteiger partial charge < -0.3 is 10.1 Å². The predicted molar refractivity (Wildman–Crippen MR) is 139 cm³/mol. The average molecular weight is 521 g/mol. The van der Waals surface area contributed by atoms with Crippen molar-refractivity contribution >= 4 is 23.1 Å². The van der Waals surface area contributed by atoms with Crippen LogP contribution in [0.3, 0.4) is 0 Å². The van der Waals surface area contributed by atoms with E-state index in [4.69, 9.17) is 4.74 Å². The number of rotatable bonds is 4. The van der Waals surface area contributed by atoms with E-state index in [2.05, 4.69) is 5.32 Å². The molecule has 1 aliphatic carbocycles. The third-order valence-corrected chi connectivity index (χ3v) is 6.83. The molecule has 0 spiro atoms. The summed E-state index contributed by atoms with van der Waals surface area (Å²) in [6.45, 7) is 4.13. The minimum Gasteiger partial charge on any atom is -0.489 e. The highest BCUT2D eigenvalue weighted by molar-refractivity contribution is 6.03. The van der Waals surface area contributed by atoms with Gasteiger partial charge in [-0.3, -0.25) is 14.5 Å². The molecule has 2 atom stereocenters. The Hall–Kier alpha value is -4.07. The van der Waals surface area contributed by atoms with Gasteiger partial charge in [0.25, 0.3) is 0 Å². The number of ether oxygens (including phenoxy) is 1. The minimum atomic E-state index is -5.14. The zero-order chi connectivity index (χ0) is 27.1. The molecular formula is C30H27F3N2O3. The Labute approximate surface area is 218 Å². The largest absolute Gasteiger partial charge is 0.489 e. The molecule has 8 heteroatoms. The molecule has 196 valence electrons. The third-order valence-electron chi connectivity index (χ3n) is 6.83. The van der Waals surface area contributed by atoms with Crippen LogP contribution in [0.1, 0.15) is 37.4 Å². The highest BCUT2D eigenvalue weighted by Gasteiger charge is 2.52. The monoisotopic (exact) mass is 520 g/mol. The van der Waals surface area contributed by atoms with Crippen molar-refractivity contribution in [3.8, 4) is 5.75 Å². The Morgan fingerprint density at radius 1 is 1.00 bits per heavy atom. The summed E-state index contributed by atoms with van der Waals surface area (Å²) in [4.78, 5) is 27.2. The summed E-state index contributed by atoms with van der Waals surface area (Å²) in [7, 11) is 0. The molecule has 0 bridgehead atoms. The fourth-order valence-electron chi connectivity index (χ4n) is 5.21. The highest BCUT2D eigenvalue weighted by atomic mass is 19.4. The number of benzene rings is 3. The first-order valence-electron chi connectivity index (χ1n) is 12.3. The lowest BCUT2D eigenvalue weighted by Crippen LogP contribution is -2.48. The summed E-state index contributed by atoms with van der Waals surface area (Å²) in [5.74, 6) is -2.75. The maximum Gasteiger partial charge on any atom is 0.471 e. The second-order valence-corrected chi connectivity index (χ2v) is 10.3. The summed E-state index contributed by atoms with van der Waals surface area (Å²) in [5.41, 5.74) is 1.76. The second kappa shape index (κ2) is 9.67. The molecule has 0 saturated heterocycles. The summed E-state index contributed by atoms with van der Waals surface area (Å²) in [5, 5.41) is 3.19. The number of ketones is 1. The van der Waals surface area contributed by atoms with Crippen LogP contribution in [0.25, 0.3) is 0 Å². The highest BCUT2D eigenvalue weighted by Crippen LogP contribution is 2.49. The number of amides is 1. The molecule has 38 heavy (non-hydrogen) atoms. The van der Waals surface area contributed by atoms with Crippen LogP contribution in [0.15, 0.2) is 90.6 Å². The topological polar surface area (TPSA) is 58.6 Å². The van der Waals surface area contributed by atoms with Gasteiger partial charge in [-0.05, 0) is 40.8 Å². The number of nitrogens with one attached hydrogen (secondary N) is 1. The SMILES string of the molecule is CC1(C)C=C2Nc3ccccc3N(C(=O)C(F)(F)F)[C@@H](c3ccc(OCc4ccccc4)cc3)[C@H]2C(=O)C1. The molecule has 0 unspecified atom stereocenters. The Bertz CT molecular complexity index is 1380. The molecule has 0 aromatic heterocycles. The lowest BCUT2D eigenvalue weighted by atomic mass is 9.72. The molecule has 2 aliphatic rings. The van der Waals surface area contributed by atoms with Crippen molar-refractivity contribution in [1.82, 2.24) is 0 Å². The number of carbonyl (C=O) groups is 2. The van der Waals surface area contributed by atoms with Crippen molar-refractivity contribution in [2.24, 2.45) is 11.3 Å². The van der Waals surface area contributed by atoms with E-state index in [1.165, 1.54) is 6.07 Å². The third kappa shape index (κ3) is 5.03. The summed E-state index contributed by atoms with van der Waals surface area (Å²) < 4.78 is 47.8. The number of anilines is 2. The van der Waals surface area contributed by atoms with Gasteiger partial charge in [0.15, 0.2) is 0 Å². The van der Waals surface area contributed by atoms with Crippen LogP contribution in [0.4, 0.5) is 24.5 Å². The quantitative estimate of drug-likeness (QED) is 0.410. The Kier molecular flexibility index (Phi) is 6.51. The normalized spacial score (nSPS) is 20.4. The van der Waals surface area contributed by atoms with E-state index in [-0.39, 0.29) is 17.9 Å². The number of para-hydroxylation sites is 2. The van der Waals surface area contributed by atoms with Gasteiger partial charge >= 0.3 is 12.1 Å². The van der Waals surface area contributed by atoms with E-state index in [9.17, 15) is 22.8 Å². The van der Waals surface area contributed by atoms with Crippen LogP contribution in [0.5, 0.6) is 5.75 Å². The molecule has 5 nitrogen and oxygen atoms in total. The van der Waals surface area contributed by atoms with Gasteiger partial charge in [-0.15, -0.1) is 0 Å². The first-order chi connectivity index (χ1) is 18.0. The first-order valence-corrected chi connectivity index (χ1v) is 12.3. The van der Waals surface area contributed by atoms with E-state index < -0.39 is 29.5 Å². The van der Waals surface area contributed by atoms with Crippen molar-refractivity contribution in [3.05, 3.63) is 102 Å². The van der Waals surface area contributed by atoms with Gasteiger partial charge in [-0.2, -0.15) is 13.2 Å². The fourth-order valence-corrected chi connectivity index (χ4v) is 5.21. The first kappa shape index (κ1) is 25.6. The number of fused-ring (bicyclic) bond motifs is 2. The molecule has 1 aliphatic heterocycles. The van der Waals surface area contributed by atoms with E-state index in [0.717, 1.165) is 10.5 Å². The number of allylic oxidation sites excluding steroid dienone is 1. The van der Waals surface area contributed by atoms with E-state index in [1.54, 1.807) is 42.5 Å². The second-order valence-electron chi connectivity index (χ2n) is 10.3. The molecule has 3 aromatic rings. The van der Waals surface area contributed by atoms with E-state index in [1.807, 2.05) is 50.3 Å². The van der Waals surface area contributed by atoms with Crippen molar-refractivity contribution in [2.75, 3.05) is 10.2 Å². The Morgan fingerprint density at radius 2 is 1.66 bits per heavy atom. The summed E-state index contributed by atoms with van der Waals surface area (Å²) in [6, 6.07) is 21.2. The molecule has 1 heterocycles.